The molecule has 0 aliphatic carbocycles. The van der Waals surface area contributed by atoms with E-state index in [1.807, 2.05) is 30.3 Å². The molecule has 2 N–H and O–H groups in total. The third kappa shape index (κ3) is 4.70. The molecule has 1 heterocycles. The molecular weight excluding hydrogens is 272 g/mol. The van der Waals surface area contributed by atoms with Gasteiger partial charge in [0.05, 0.1) is 6.26 Å². The van der Waals surface area contributed by atoms with Crippen LogP contribution in [-0.2, 0) is 11.3 Å². The number of hydrogen-bond acceptors (Lipinski definition) is 3. The maximum absolute atomic E-state index is 11.6. The first-order valence-corrected chi connectivity index (χ1v) is 6.49. The van der Waals surface area contributed by atoms with E-state index in [0.717, 1.165) is 5.56 Å². The predicted molar refractivity (Wildman–Crippen MR) is 81.8 cm³/mol. The molecule has 0 radical (unpaired) electrons. The summed E-state index contributed by atoms with van der Waals surface area (Å²) >= 11 is 5.04. The molecule has 20 heavy (non-hydrogen) atoms. The van der Waals surface area contributed by atoms with Gasteiger partial charge in [-0.2, -0.15) is 0 Å². The molecule has 0 saturated heterocycles. The van der Waals surface area contributed by atoms with Gasteiger partial charge < -0.3 is 9.73 Å². The second-order valence-electron chi connectivity index (χ2n) is 4.01. The van der Waals surface area contributed by atoms with Crippen LogP contribution in [0.2, 0.25) is 0 Å². The van der Waals surface area contributed by atoms with Crippen molar-refractivity contribution in [2.75, 3.05) is 0 Å². The summed E-state index contributed by atoms with van der Waals surface area (Å²) < 4.78 is 5.08. The SMILES string of the molecule is O=C(/C=C/c1ccco1)NC(=S)NCc1ccccc1. The van der Waals surface area contributed by atoms with Crippen LogP contribution in [0, 0.1) is 0 Å². The van der Waals surface area contributed by atoms with Crippen LogP contribution in [0.5, 0.6) is 0 Å². The highest BCUT2D eigenvalue weighted by molar-refractivity contribution is 7.80. The van der Waals surface area contributed by atoms with E-state index in [-0.39, 0.29) is 5.91 Å². The fourth-order valence-electron chi connectivity index (χ4n) is 1.52. The molecule has 0 saturated carbocycles. The van der Waals surface area contributed by atoms with Gasteiger partial charge in [0.2, 0.25) is 5.91 Å². The van der Waals surface area contributed by atoms with E-state index < -0.39 is 0 Å². The van der Waals surface area contributed by atoms with Gasteiger partial charge in [0.25, 0.3) is 0 Å². The van der Waals surface area contributed by atoms with Crippen LogP contribution < -0.4 is 10.6 Å². The molecule has 0 fully saturated rings. The zero-order chi connectivity index (χ0) is 14.2. The highest BCUT2D eigenvalue weighted by Gasteiger charge is 2.00. The Morgan fingerprint density at radius 1 is 1.20 bits per heavy atom. The van der Waals surface area contributed by atoms with Crippen LogP contribution in [0.3, 0.4) is 0 Å². The van der Waals surface area contributed by atoms with Crippen molar-refractivity contribution in [3.05, 3.63) is 66.1 Å². The predicted octanol–water partition coefficient (Wildman–Crippen LogP) is 2.48. The Hall–Kier alpha value is -2.40. The van der Waals surface area contributed by atoms with Gasteiger partial charge in [0.1, 0.15) is 5.76 Å². The maximum Gasteiger partial charge on any atom is 0.250 e. The largest absolute Gasteiger partial charge is 0.465 e. The number of carbonyl (C=O) groups excluding carboxylic acids is 1. The first-order valence-electron chi connectivity index (χ1n) is 6.08. The normalized spacial score (nSPS) is 10.4. The Labute approximate surface area is 122 Å². The van der Waals surface area contributed by atoms with Gasteiger partial charge in [-0.15, -0.1) is 0 Å². The fourth-order valence-corrected chi connectivity index (χ4v) is 1.69. The van der Waals surface area contributed by atoms with E-state index in [1.54, 1.807) is 24.5 Å². The third-order valence-corrected chi connectivity index (χ3v) is 2.72. The van der Waals surface area contributed by atoms with E-state index in [4.69, 9.17) is 16.6 Å². The monoisotopic (exact) mass is 286 g/mol. The van der Waals surface area contributed by atoms with E-state index in [2.05, 4.69) is 10.6 Å². The van der Waals surface area contributed by atoms with Gasteiger partial charge in [-0.05, 0) is 36.0 Å². The van der Waals surface area contributed by atoms with Crippen LogP contribution in [-0.4, -0.2) is 11.0 Å². The Morgan fingerprint density at radius 3 is 2.70 bits per heavy atom. The summed E-state index contributed by atoms with van der Waals surface area (Å²) in [6, 6.07) is 13.3. The van der Waals surface area contributed by atoms with Crippen molar-refractivity contribution in [1.82, 2.24) is 10.6 Å². The number of benzene rings is 1. The molecule has 4 nitrogen and oxygen atoms in total. The van der Waals surface area contributed by atoms with Crippen LogP contribution in [0.4, 0.5) is 0 Å². The molecule has 1 amide bonds. The minimum Gasteiger partial charge on any atom is -0.465 e. The first kappa shape index (κ1) is 14.0. The Kier molecular flexibility index (Phi) is 5.08. The fraction of sp³-hybridized carbons (Fsp3) is 0.0667. The quantitative estimate of drug-likeness (QED) is 0.670. The molecule has 5 heteroatoms. The van der Waals surface area contributed by atoms with Crippen molar-refractivity contribution in [3.8, 4) is 0 Å². The number of nitrogens with one attached hydrogen (secondary N) is 2. The van der Waals surface area contributed by atoms with Gasteiger partial charge >= 0.3 is 0 Å². The van der Waals surface area contributed by atoms with Crippen molar-refractivity contribution >= 4 is 29.3 Å². The molecule has 0 spiro atoms. The highest BCUT2D eigenvalue weighted by Crippen LogP contribution is 2.01. The lowest BCUT2D eigenvalue weighted by Gasteiger charge is -2.07. The van der Waals surface area contributed by atoms with Crippen molar-refractivity contribution in [2.24, 2.45) is 0 Å². The number of thiocarbonyl (C=S) groups is 1. The number of carbonyl (C=O) groups is 1. The van der Waals surface area contributed by atoms with Crippen molar-refractivity contribution < 1.29 is 9.21 Å². The van der Waals surface area contributed by atoms with Gasteiger partial charge in [0, 0.05) is 12.6 Å². The minimum absolute atomic E-state index is 0.294. The van der Waals surface area contributed by atoms with E-state index in [0.29, 0.717) is 17.4 Å². The standard InChI is InChI=1S/C15H14N2O2S/c18-14(9-8-13-7-4-10-19-13)17-15(20)16-11-12-5-2-1-3-6-12/h1-10H,11H2,(H2,16,17,18,20)/b9-8+. The molecule has 0 aliphatic heterocycles. The topological polar surface area (TPSA) is 54.3 Å². The lowest BCUT2D eigenvalue weighted by atomic mass is 10.2. The number of hydrogen-bond donors (Lipinski definition) is 2. The molecule has 0 bridgehead atoms. The lowest BCUT2D eigenvalue weighted by molar-refractivity contribution is -0.115. The maximum atomic E-state index is 11.6. The molecule has 0 unspecified atom stereocenters. The first-order chi connectivity index (χ1) is 9.74. The number of furan rings is 1. The molecule has 2 rings (SSSR count). The van der Waals surface area contributed by atoms with Crippen molar-refractivity contribution in [2.45, 2.75) is 6.54 Å². The van der Waals surface area contributed by atoms with Gasteiger partial charge in [0.15, 0.2) is 5.11 Å². The molecule has 102 valence electrons. The molecule has 1 aromatic heterocycles. The Balaban J connectivity index is 1.75. The van der Waals surface area contributed by atoms with Crippen LogP contribution >= 0.6 is 12.2 Å². The van der Waals surface area contributed by atoms with E-state index >= 15 is 0 Å². The van der Waals surface area contributed by atoms with Crippen LogP contribution in [0.1, 0.15) is 11.3 Å². The summed E-state index contributed by atoms with van der Waals surface area (Å²) in [5, 5.41) is 5.83. The Bertz CT molecular complexity index is 592. The van der Waals surface area contributed by atoms with Crippen LogP contribution in [0.25, 0.3) is 6.08 Å². The zero-order valence-electron chi connectivity index (χ0n) is 10.7. The second kappa shape index (κ2) is 7.25. The molecular formula is C15H14N2O2S. The van der Waals surface area contributed by atoms with Crippen molar-refractivity contribution in [3.63, 3.8) is 0 Å². The number of amides is 1. The minimum atomic E-state index is -0.299. The second-order valence-corrected chi connectivity index (χ2v) is 4.41. The van der Waals surface area contributed by atoms with E-state index in [1.165, 1.54) is 6.08 Å². The van der Waals surface area contributed by atoms with Crippen LogP contribution in [0.15, 0.2) is 59.2 Å². The highest BCUT2D eigenvalue weighted by atomic mass is 32.1. The Morgan fingerprint density at radius 2 is 2.00 bits per heavy atom. The summed E-state index contributed by atoms with van der Waals surface area (Å²) in [5.41, 5.74) is 1.09. The summed E-state index contributed by atoms with van der Waals surface area (Å²) in [7, 11) is 0. The van der Waals surface area contributed by atoms with Gasteiger partial charge in [-0.1, -0.05) is 30.3 Å². The molecule has 0 atom stereocenters. The third-order valence-electron chi connectivity index (χ3n) is 2.47. The average Bonchev–Trinajstić information content (AvgIpc) is 2.97. The lowest BCUT2D eigenvalue weighted by Crippen LogP contribution is -2.37. The van der Waals surface area contributed by atoms with E-state index in [9.17, 15) is 4.79 Å². The smallest absolute Gasteiger partial charge is 0.250 e. The summed E-state index contributed by atoms with van der Waals surface area (Å²) in [5.74, 6) is 0.315. The number of rotatable bonds is 4. The van der Waals surface area contributed by atoms with Crippen molar-refractivity contribution in [1.29, 1.82) is 0 Å². The molecule has 1 aromatic carbocycles. The zero-order valence-corrected chi connectivity index (χ0v) is 11.5. The van der Waals surface area contributed by atoms with Gasteiger partial charge in [-0.25, -0.2) is 0 Å². The van der Waals surface area contributed by atoms with Gasteiger partial charge in [-0.3, -0.25) is 10.1 Å². The molecule has 2 aromatic rings. The summed E-state index contributed by atoms with van der Waals surface area (Å²) in [6.45, 7) is 0.571. The summed E-state index contributed by atoms with van der Waals surface area (Å²) in [6.07, 6.45) is 4.49. The molecule has 0 aliphatic rings. The average molecular weight is 286 g/mol. The summed E-state index contributed by atoms with van der Waals surface area (Å²) in [4.78, 5) is 11.6.